The van der Waals surface area contributed by atoms with Gasteiger partial charge in [0.05, 0.1) is 6.61 Å². The van der Waals surface area contributed by atoms with E-state index >= 15 is 0 Å². The molecular weight excluding hydrogens is 256 g/mol. The molecule has 110 valence electrons. The Bertz CT molecular complexity index is 562. The molecule has 0 amide bonds. The second-order valence-corrected chi connectivity index (χ2v) is 5.58. The molecule has 0 radical (unpaired) electrons. The van der Waals surface area contributed by atoms with Crippen molar-refractivity contribution in [2.24, 2.45) is 0 Å². The van der Waals surface area contributed by atoms with Gasteiger partial charge in [-0.25, -0.2) is 4.79 Å². The van der Waals surface area contributed by atoms with Gasteiger partial charge in [-0.3, -0.25) is 0 Å². The number of hydrogen-bond donors (Lipinski definition) is 1. The highest BCUT2D eigenvalue weighted by Crippen LogP contribution is 2.43. The maximum absolute atomic E-state index is 12.1. The summed E-state index contributed by atoms with van der Waals surface area (Å²) in [6.07, 6.45) is 1.26. The first-order valence-electron chi connectivity index (χ1n) is 6.99. The van der Waals surface area contributed by atoms with Gasteiger partial charge in [0.15, 0.2) is 0 Å². The Morgan fingerprint density at radius 2 is 1.95 bits per heavy atom. The van der Waals surface area contributed by atoms with Crippen molar-refractivity contribution in [1.29, 1.82) is 0 Å². The zero-order valence-electron chi connectivity index (χ0n) is 12.8. The van der Waals surface area contributed by atoms with Gasteiger partial charge >= 0.3 is 5.97 Å². The van der Waals surface area contributed by atoms with Crippen LogP contribution >= 0.6 is 0 Å². The second kappa shape index (κ2) is 5.00. The number of carbonyl (C=O) groups excluding carboxylic acids is 1. The maximum Gasteiger partial charge on any atom is 0.350 e. The van der Waals surface area contributed by atoms with E-state index in [1.165, 1.54) is 0 Å². The van der Waals surface area contributed by atoms with Crippen molar-refractivity contribution >= 4 is 5.97 Å². The highest BCUT2D eigenvalue weighted by Gasteiger charge is 2.42. The van der Waals surface area contributed by atoms with E-state index in [0.717, 1.165) is 28.0 Å². The standard InChI is InChI=1S/C16H22O4/c1-6-19-15(18)16(5)8-7-12-11(4)13(17)9(2)10(3)14(12)20-16/h17H,6-8H2,1-5H3. The van der Waals surface area contributed by atoms with E-state index in [-0.39, 0.29) is 5.97 Å². The quantitative estimate of drug-likeness (QED) is 0.845. The number of aromatic hydroxyl groups is 1. The van der Waals surface area contributed by atoms with Crippen LogP contribution in [-0.2, 0) is 16.0 Å². The van der Waals surface area contributed by atoms with Gasteiger partial charge in [-0.2, -0.15) is 0 Å². The van der Waals surface area contributed by atoms with Crippen LogP contribution in [0.4, 0.5) is 0 Å². The minimum atomic E-state index is -0.941. The highest BCUT2D eigenvalue weighted by molar-refractivity contribution is 5.80. The predicted octanol–water partition coefficient (Wildman–Crippen LogP) is 2.96. The lowest BCUT2D eigenvalue weighted by Crippen LogP contribution is -2.46. The monoisotopic (exact) mass is 278 g/mol. The smallest absolute Gasteiger partial charge is 0.350 e. The van der Waals surface area contributed by atoms with Crippen molar-refractivity contribution in [3.63, 3.8) is 0 Å². The minimum absolute atomic E-state index is 0.324. The van der Waals surface area contributed by atoms with E-state index in [9.17, 15) is 9.90 Å². The van der Waals surface area contributed by atoms with Crippen LogP contribution in [-0.4, -0.2) is 23.3 Å². The average Bonchev–Trinajstić information content (AvgIpc) is 2.43. The summed E-state index contributed by atoms with van der Waals surface area (Å²) in [5.74, 6) is 0.720. The molecule has 0 saturated heterocycles. The number of benzene rings is 1. The zero-order valence-corrected chi connectivity index (χ0v) is 12.8. The van der Waals surface area contributed by atoms with Gasteiger partial charge in [0.25, 0.3) is 0 Å². The Morgan fingerprint density at radius 3 is 2.55 bits per heavy atom. The number of hydrogen-bond acceptors (Lipinski definition) is 4. The summed E-state index contributed by atoms with van der Waals surface area (Å²) in [6.45, 7) is 9.55. The summed E-state index contributed by atoms with van der Waals surface area (Å²) >= 11 is 0. The van der Waals surface area contributed by atoms with Crippen molar-refractivity contribution in [1.82, 2.24) is 0 Å². The zero-order chi connectivity index (χ0) is 15.1. The number of phenolic OH excluding ortho intramolecular Hbond substituents is 1. The molecule has 1 aliphatic heterocycles. The summed E-state index contributed by atoms with van der Waals surface area (Å²) in [5.41, 5.74) is 2.58. The molecule has 1 aromatic rings. The van der Waals surface area contributed by atoms with E-state index in [0.29, 0.717) is 25.2 Å². The molecule has 0 aliphatic carbocycles. The van der Waals surface area contributed by atoms with Crippen LogP contribution < -0.4 is 4.74 Å². The Hall–Kier alpha value is -1.71. The fraction of sp³-hybridized carbons (Fsp3) is 0.562. The fourth-order valence-corrected chi connectivity index (χ4v) is 2.68. The third kappa shape index (κ3) is 2.13. The van der Waals surface area contributed by atoms with Gasteiger partial charge < -0.3 is 14.6 Å². The summed E-state index contributed by atoms with van der Waals surface area (Å²) < 4.78 is 11.1. The van der Waals surface area contributed by atoms with E-state index in [2.05, 4.69) is 0 Å². The van der Waals surface area contributed by atoms with Crippen molar-refractivity contribution < 1.29 is 19.4 Å². The number of rotatable bonds is 2. The maximum atomic E-state index is 12.1. The largest absolute Gasteiger partial charge is 0.507 e. The Morgan fingerprint density at radius 1 is 1.30 bits per heavy atom. The molecule has 1 N–H and O–H groups in total. The van der Waals surface area contributed by atoms with Crippen molar-refractivity contribution in [2.45, 2.75) is 53.1 Å². The van der Waals surface area contributed by atoms with Crippen LogP contribution in [0.2, 0.25) is 0 Å². The first-order valence-corrected chi connectivity index (χ1v) is 6.99. The molecule has 1 aliphatic rings. The van der Waals surface area contributed by atoms with Crippen molar-refractivity contribution in [3.8, 4) is 11.5 Å². The molecule has 4 nitrogen and oxygen atoms in total. The number of carbonyl (C=O) groups is 1. The molecule has 0 aromatic heterocycles. The molecule has 2 rings (SSSR count). The molecule has 1 heterocycles. The van der Waals surface area contributed by atoms with Crippen LogP contribution in [0.3, 0.4) is 0 Å². The lowest BCUT2D eigenvalue weighted by molar-refractivity contribution is -0.161. The Labute approximate surface area is 119 Å². The van der Waals surface area contributed by atoms with Crippen molar-refractivity contribution in [3.05, 3.63) is 22.3 Å². The molecule has 0 spiro atoms. The van der Waals surface area contributed by atoms with E-state index in [1.807, 2.05) is 20.8 Å². The molecule has 1 unspecified atom stereocenters. The average molecular weight is 278 g/mol. The van der Waals surface area contributed by atoms with Gasteiger partial charge in [-0.05, 0) is 57.7 Å². The molecule has 1 atom stereocenters. The number of esters is 1. The number of phenols is 1. The summed E-state index contributed by atoms with van der Waals surface area (Å²) in [4.78, 5) is 12.1. The van der Waals surface area contributed by atoms with Crippen LogP contribution in [0.5, 0.6) is 11.5 Å². The van der Waals surface area contributed by atoms with Gasteiger partial charge in [0.2, 0.25) is 5.60 Å². The summed E-state index contributed by atoms with van der Waals surface area (Å²) in [6, 6.07) is 0. The lowest BCUT2D eigenvalue weighted by Gasteiger charge is -2.35. The molecule has 4 heteroatoms. The van der Waals surface area contributed by atoms with Gasteiger partial charge in [-0.1, -0.05) is 0 Å². The normalized spacial score (nSPS) is 21.1. The topological polar surface area (TPSA) is 55.8 Å². The highest BCUT2D eigenvalue weighted by atomic mass is 16.6. The molecule has 0 fully saturated rings. The van der Waals surface area contributed by atoms with Gasteiger partial charge in [0.1, 0.15) is 11.5 Å². The Balaban J connectivity index is 2.47. The third-order valence-corrected chi connectivity index (χ3v) is 4.23. The minimum Gasteiger partial charge on any atom is -0.507 e. The molecule has 0 bridgehead atoms. The van der Waals surface area contributed by atoms with Crippen LogP contribution in [0.15, 0.2) is 0 Å². The number of fused-ring (bicyclic) bond motifs is 1. The molecule has 20 heavy (non-hydrogen) atoms. The first kappa shape index (κ1) is 14.7. The SMILES string of the molecule is CCOC(=O)C1(C)CCc2c(C)c(O)c(C)c(C)c2O1. The summed E-state index contributed by atoms with van der Waals surface area (Å²) in [7, 11) is 0. The van der Waals surface area contributed by atoms with Crippen LogP contribution in [0, 0.1) is 20.8 Å². The van der Waals surface area contributed by atoms with E-state index in [4.69, 9.17) is 9.47 Å². The third-order valence-electron chi connectivity index (χ3n) is 4.23. The lowest BCUT2D eigenvalue weighted by atomic mass is 9.87. The van der Waals surface area contributed by atoms with Crippen LogP contribution in [0.25, 0.3) is 0 Å². The van der Waals surface area contributed by atoms with Gasteiger partial charge in [-0.15, -0.1) is 0 Å². The van der Waals surface area contributed by atoms with Crippen LogP contribution in [0.1, 0.15) is 42.5 Å². The van der Waals surface area contributed by atoms with Crippen molar-refractivity contribution in [2.75, 3.05) is 6.61 Å². The predicted molar refractivity (Wildman–Crippen MR) is 76.3 cm³/mol. The molecule has 0 saturated carbocycles. The first-order chi connectivity index (χ1) is 9.31. The molecule has 1 aromatic carbocycles. The number of ether oxygens (including phenoxy) is 2. The van der Waals surface area contributed by atoms with E-state index < -0.39 is 5.60 Å². The fourth-order valence-electron chi connectivity index (χ4n) is 2.68. The Kier molecular flexibility index (Phi) is 3.67. The summed E-state index contributed by atoms with van der Waals surface area (Å²) in [5, 5.41) is 10.1. The molecular formula is C16H22O4. The van der Waals surface area contributed by atoms with E-state index in [1.54, 1.807) is 13.8 Å². The van der Waals surface area contributed by atoms with Gasteiger partial charge in [0, 0.05) is 12.0 Å². The second-order valence-electron chi connectivity index (χ2n) is 5.58.